The largest absolute Gasteiger partial charge is 0.394 e. The Balaban J connectivity index is 2.00. The Bertz CT molecular complexity index is 603. The normalized spacial score (nSPS) is 10.2. The van der Waals surface area contributed by atoms with E-state index in [0.717, 1.165) is 11.3 Å². The summed E-state index contributed by atoms with van der Waals surface area (Å²) in [6.45, 7) is 1.15. The number of rotatable bonds is 5. The zero-order valence-electron chi connectivity index (χ0n) is 10.2. The first-order chi connectivity index (χ1) is 9.22. The summed E-state index contributed by atoms with van der Waals surface area (Å²) in [7, 11) is 0. The Hall–Kier alpha value is -2.03. The first-order valence-corrected chi connectivity index (χ1v) is 6.16. The van der Waals surface area contributed by atoms with Crippen LogP contribution in [0.4, 0.5) is 5.69 Å². The van der Waals surface area contributed by atoms with Gasteiger partial charge in [-0.3, -0.25) is 4.68 Å². The van der Waals surface area contributed by atoms with Gasteiger partial charge in [0.1, 0.15) is 6.07 Å². The minimum absolute atomic E-state index is 0.0667. The van der Waals surface area contributed by atoms with Crippen molar-refractivity contribution in [3.05, 3.63) is 46.7 Å². The number of nitrogens with one attached hydrogen (secondary N) is 1. The molecule has 0 saturated carbocycles. The second kappa shape index (κ2) is 6.23. The molecular formula is C13H13ClN4O. The average molecular weight is 277 g/mol. The van der Waals surface area contributed by atoms with Gasteiger partial charge in [0.05, 0.1) is 29.9 Å². The lowest BCUT2D eigenvalue weighted by Gasteiger charge is -2.05. The molecular weight excluding hydrogens is 264 g/mol. The summed E-state index contributed by atoms with van der Waals surface area (Å²) < 4.78 is 1.68. The van der Waals surface area contributed by atoms with Crippen LogP contribution >= 0.6 is 11.6 Å². The van der Waals surface area contributed by atoms with Crippen LogP contribution in [0.2, 0.25) is 5.02 Å². The van der Waals surface area contributed by atoms with Crippen LogP contribution < -0.4 is 5.32 Å². The van der Waals surface area contributed by atoms with E-state index in [1.807, 2.05) is 18.3 Å². The number of nitrogens with zero attached hydrogens (tertiary/aromatic N) is 3. The predicted octanol–water partition coefficient (Wildman–Crippen LogP) is 2.01. The van der Waals surface area contributed by atoms with Gasteiger partial charge in [-0.15, -0.1) is 0 Å². The van der Waals surface area contributed by atoms with E-state index in [2.05, 4.69) is 10.4 Å². The number of aromatic nitrogens is 2. The monoisotopic (exact) mass is 276 g/mol. The van der Waals surface area contributed by atoms with Crippen molar-refractivity contribution < 1.29 is 5.11 Å². The van der Waals surface area contributed by atoms with Gasteiger partial charge in [0.2, 0.25) is 0 Å². The highest BCUT2D eigenvalue weighted by Crippen LogP contribution is 2.20. The van der Waals surface area contributed by atoms with Gasteiger partial charge in [-0.25, -0.2) is 0 Å². The van der Waals surface area contributed by atoms with Crippen molar-refractivity contribution in [2.24, 2.45) is 0 Å². The van der Waals surface area contributed by atoms with Gasteiger partial charge in [-0.05, 0) is 18.2 Å². The van der Waals surface area contributed by atoms with E-state index in [0.29, 0.717) is 23.7 Å². The molecule has 0 bridgehead atoms. The van der Waals surface area contributed by atoms with E-state index in [9.17, 15) is 0 Å². The molecule has 2 rings (SSSR count). The maximum Gasteiger partial charge on any atom is 0.101 e. The molecule has 0 unspecified atom stereocenters. The van der Waals surface area contributed by atoms with Crippen LogP contribution in [0.5, 0.6) is 0 Å². The van der Waals surface area contributed by atoms with Gasteiger partial charge >= 0.3 is 0 Å². The molecule has 0 aliphatic heterocycles. The lowest BCUT2D eigenvalue weighted by Crippen LogP contribution is -2.02. The molecule has 6 heteroatoms. The molecule has 0 amide bonds. The second-order valence-electron chi connectivity index (χ2n) is 4.00. The number of aliphatic hydroxyl groups is 1. The molecule has 2 N–H and O–H groups in total. The van der Waals surface area contributed by atoms with Gasteiger partial charge in [-0.1, -0.05) is 11.6 Å². The van der Waals surface area contributed by atoms with Crippen molar-refractivity contribution in [3.63, 3.8) is 0 Å². The number of aliphatic hydroxyl groups excluding tert-OH is 1. The van der Waals surface area contributed by atoms with Crippen LogP contribution in [0.15, 0.2) is 30.6 Å². The number of anilines is 1. The van der Waals surface area contributed by atoms with Crippen LogP contribution in [-0.4, -0.2) is 21.5 Å². The first-order valence-electron chi connectivity index (χ1n) is 5.78. The summed E-state index contributed by atoms with van der Waals surface area (Å²) in [4.78, 5) is 0. The highest BCUT2D eigenvalue weighted by molar-refractivity contribution is 6.31. The van der Waals surface area contributed by atoms with E-state index < -0.39 is 0 Å². The topological polar surface area (TPSA) is 73.9 Å². The number of benzene rings is 1. The van der Waals surface area contributed by atoms with E-state index in [1.54, 1.807) is 23.0 Å². The maximum absolute atomic E-state index is 8.89. The third-order valence-corrected chi connectivity index (χ3v) is 2.93. The Morgan fingerprint density at radius 3 is 3.05 bits per heavy atom. The predicted molar refractivity (Wildman–Crippen MR) is 72.8 cm³/mol. The average Bonchev–Trinajstić information content (AvgIpc) is 2.86. The fourth-order valence-corrected chi connectivity index (χ4v) is 1.81. The Morgan fingerprint density at radius 2 is 2.32 bits per heavy atom. The summed E-state index contributed by atoms with van der Waals surface area (Å²) >= 11 is 5.86. The minimum Gasteiger partial charge on any atom is -0.394 e. The van der Waals surface area contributed by atoms with Crippen LogP contribution in [-0.2, 0) is 13.1 Å². The lowest BCUT2D eigenvalue weighted by molar-refractivity contribution is 0.269. The van der Waals surface area contributed by atoms with Gasteiger partial charge in [0.15, 0.2) is 0 Å². The summed E-state index contributed by atoms with van der Waals surface area (Å²) in [6.07, 6.45) is 3.61. The molecule has 1 aromatic carbocycles. The van der Waals surface area contributed by atoms with E-state index in [1.165, 1.54) is 0 Å². The van der Waals surface area contributed by atoms with Crippen LogP contribution in [0.3, 0.4) is 0 Å². The standard InChI is InChI=1S/C13H13ClN4O/c14-13-2-1-12(5-11(13)6-15)16-7-10-8-17-18(9-10)3-4-19/h1-2,5,8-9,16,19H,3-4,7H2. The van der Waals surface area contributed by atoms with Crippen molar-refractivity contribution in [3.8, 4) is 6.07 Å². The molecule has 1 heterocycles. The summed E-state index contributed by atoms with van der Waals surface area (Å²) in [6, 6.07) is 7.26. The molecule has 0 aliphatic rings. The number of halogens is 1. The molecule has 0 fully saturated rings. The molecule has 5 nitrogen and oxygen atoms in total. The third-order valence-electron chi connectivity index (χ3n) is 2.60. The molecule has 0 saturated heterocycles. The SMILES string of the molecule is N#Cc1cc(NCc2cnn(CCO)c2)ccc1Cl. The van der Waals surface area contributed by atoms with Crippen LogP contribution in [0, 0.1) is 11.3 Å². The number of nitriles is 1. The second-order valence-corrected chi connectivity index (χ2v) is 4.40. The zero-order chi connectivity index (χ0) is 13.7. The van der Waals surface area contributed by atoms with Crippen molar-refractivity contribution in [1.82, 2.24) is 9.78 Å². The molecule has 0 spiro atoms. The van der Waals surface area contributed by atoms with Crippen LogP contribution in [0.25, 0.3) is 0 Å². The Kier molecular flexibility index (Phi) is 4.39. The van der Waals surface area contributed by atoms with Gasteiger partial charge < -0.3 is 10.4 Å². The third kappa shape index (κ3) is 3.47. The van der Waals surface area contributed by atoms with Crippen molar-refractivity contribution in [1.29, 1.82) is 5.26 Å². The molecule has 98 valence electrons. The lowest BCUT2D eigenvalue weighted by atomic mass is 10.2. The van der Waals surface area contributed by atoms with Crippen molar-refractivity contribution in [2.75, 3.05) is 11.9 Å². The minimum atomic E-state index is 0.0667. The van der Waals surface area contributed by atoms with Crippen LogP contribution in [0.1, 0.15) is 11.1 Å². The number of hydrogen-bond donors (Lipinski definition) is 2. The summed E-state index contributed by atoms with van der Waals surface area (Å²) in [5, 5.41) is 25.4. The van der Waals surface area contributed by atoms with Crippen molar-refractivity contribution in [2.45, 2.75) is 13.1 Å². The smallest absolute Gasteiger partial charge is 0.101 e. The van der Waals surface area contributed by atoms with Gasteiger partial charge in [0.25, 0.3) is 0 Å². The fraction of sp³-hybridized carbons (Fsp3) is 0.231. The molecule has 0 radical (unpaired) electrons. The highest BCUT2D eigenvalue weighted by Gasteiger charge is 2.02. The summed E-state index contributed by atoms with van der Waals surface area (Å²) in [5.41, 5.74) is 2.28. The Morgan fingerprint density at radius 1 is 1.47 bits per heavy atom. The molecule has 0 aliphatic carbocycles. The van der Waals surface area contributed by atoms with E-state index in [-0.39, 0.29) is 6.61 Å². The van der Waals surface area contributed by atoms with Gasteiger partial charge in [0, 0.05) is 24.0 Å². The Labute approximate surface area is 116 Å². The van der Waals surface area contributed by atoms with Crippen molar-refractivity contribution >= 4 is 17.3 Å². The van der Waals surface area contributed by atoms with E-state index in [4.69, 9.17) is 22.0 Å². The molecule has 1 aromatic heterocycles. The fourth-order valence-electron chi connectivity index (χ4n) is 1.65. The quantitative estimate of drug-likeness (QED) is 0.876. The molecule has 19 heavy (non-hydrogen) atoms. The highest BCUT2D eigenvalue weighted by atomic mass is 35.5. The maximum atomic E-state index is 8.89. The first kappa shape index (κ1) is 13.4. The molecule has 2 aromatic rings. The van der Waals surface area contributed by atoms with Gasteiger partial charge in [-0.2, -0.15) is 10.4 Å². The number of hydrogen-bond acceptors (Lipinski definition) is 4. The van der Waals surface area contributed by atoms with E-state index >= 15 is 0 Å². The zero-order valence-corrected chi connectivity index (χ0v) is 10.9. The summed E-state index contributed by atoms with van der Waals surface area (Å²) in [5.74, 6) is 0. The molecule has 0 atom stereocenters.